The summed E-state index contributed by atoms with van der Waals surface area (Å²) in [6.45, 7) is 0.483. The molecule has 0 bridgehead atoms. The van der Waals surface area contributed by atoms with Gasteiger partial charge in [0.25, 0.3) is 5.91 Å². The standard InChI is InChI=1S/C17H19ClN2O2.ClH/c18-14-7-8-16(13-4-2-1-3-12(13)14)22-10-17(21)20-9-15(19)11-5-6-11;/h1-4,7-8,11,15H,5-6,9-10,19H2,(H,20,21);1H. The summed E-state index contributed by atoms with van der Waals surface area (Å²) >= 11 is 6.16. The van der Waals surface area contributed by atoms with Crippen LogP contribution in [0.4, 0.5) is 0 Å². The molecular formula is C17H20Cl2N2O2. The van der Waals surface area contributed by atoms with Crippen LogP contribution in [-0.2, 0) is 4.79 Å². The summed E-state index contributed by atoms with van der Waals surface area (Å²) in [6, 6.07) is 11.3. The van der Waals surface area contributed by atoms with Gasteiger partial charge in [0, 0.05) is 28.4 Å². The molecule has 0 aromatic heterocycles. The molecular weight excluding hydrogens is 335 g/mol. The maximum Gasteiger partial charge on any atom is 0.257 e. The summed E-state index contributed by atoms with van der Waals surface area (Å²) in [5.41, 5.74) is 5.96. The Balaban J connectivity index is 0.00000192. The average Bonchev–Trinajstić information content (AvgIpc) is 3.37. The van der Waals surface area contributed by atoms with Crippen molar-refractivity contribution in [1.29, 1.82) is 0 Å². The van der Waals surface area contributed by atoms with Gasteiger partial charge in [0.2, 0.25) is 0 Å². The Kier molecular flexibility index (Phi) is 6.10. The number of nitrogens with two attached hydrogens (primary N) is 1. The van der Waals surface area contributed by atoms with E-state index in [4.69, 9.17) is 22.1 Å². The van der Waals surface area contributed by atoms with Gasteiger partial charge in [-0.3, -0.25) is 4.79 Å². The maximum absolute atomic E-state index is 11.8. The van der Waals surface area contributed by atoms with Gasteiger partial charge in [-0.15, -0.1) is 12.4 Å². The fourth-order valence-electron chi connectivity index (χ4n) is 2.48. The predicted octanol–water partition coefficient (Wildman–Crippen LogP) is 3.15. The lowest BCUT2D eigenvalue weighted by atomic mass is 10.1. The number of carbonyl (C=O) groups excluding carboxylic acids is 1. The van der Waals surface area contributed by atoms with Gasteiger partial charge in [0.05, 0.1) is 0 Å². The second kappa shape index (κ2) is 7.86. The lowest BCUT2D eigenvalue weighted by molar-refractivity contribution is -0.123. The molecule has 1 aliphatic carbocycles. The summed E-state index contributed by atoms with van der Waals surface area (Å²) in [5.74, 6) is 1.07. The number of nitrogens with one attached hydrogen (secondary N) is 1. The summed E-state index contributed by atoms with van der Waals surface area (Å²) in [6.07, 6.45) is 2.34. The highest BCUT2D eigenvalue weighted by atomic mass is 35.5. The molecule has 23 heavy (non-hydrogen) atoms. The molecule has 1 atom stereocenters. The van der Waals surface area contributed by atoms with Gasteiger partial charge in [-0.1, -0.05) is 35.9 Å². The van der Waals surface area contributed by atoms with Gasteiger partial charge in [-0.25, -0.2) is 0 Å². The molecule has 2 aromatic carbocycles. The van der Waals surface area contributed by atoms with Crippen molar-refractivity contribution in [2.24, 2.45) is 11.7 Å². The number of carbonyl (C=O) groups is 1. The first kappa shape index (κ1) is 17.9. The average molecular weight is 355 g/mol. The fraction of sp³-hybridized carbons (Fsp3) is 0.353. The molecule has 124 valence electrons. The third-order valence-electron chi connectivity index (χ3n) is 3.95. The number of benzene rings is 2. The highest BCUT2D eigenvalue weighted by Gasteiger charge is 2.28. The van der Waals surface area contributed by atoms with E-state index in [9.17, 15) is 4.79 Å². The number of amides is 1. The lowest BCUT2D eigenvalue weighted by Crippen LogP contribution is -2.40. The zero-order chi connectivity index (χ0) is 15.5. The first-order valence-corrected chi connectivity index (χ1v) is 7.85. The van der Waals surface area contributed by atoms with E-state index in [1.807, 2.05) is 24.3 Å². The van der Waals surface area contributed by atoms with Crippen LogP contribution in [0.15, 0.2) is 36.4 Å². The first-order valence-electron chi connectivity index (χ1n) is 7.47. The van der Waals surface area contributed by atoms with Crippen LogP contribution in [0.3, 0.4) is 0 Å². The van der Waals surface area contributed by atoms with Crippen molar-refractivity contribution in [3.63, 3.8) is 0 Å². The molecule has 3 rings (SSSR count). The van der Waals surface area contributed by atoms with Crippen molar-refractivity contribution in [3.8, 4) is 5.75 Å². The Labute approximate surface area is 146 Å². The number of halogens is 2. The molecule has 1 unspecified atom stereocenters. The maximum atomic E-state index is 11.8. The Morgan fingerprint density at radius 3 is 2.65 bits per heavy atom. The Morgan fingerprint density at radius 1 is 1.26 bits per heavy atom. The number of fused-ring (bicyclic) bond motifs is 1. The van der Waals surface area contributed by atoms with Crippen molar-refractivity contribution >= 4 is 40.7 Å². The molecule has 2 aromatic rings. The fourth-order valence-corrected chi connectivity index (χ4v) is 2.71. The smallest absolute Gasteiger partial charge is 0.257 e. The zero-order valence-corrected chi connectivity index (χ0v) is 14.2. The largest absolute Gasteiger partial charge is 0.483 e. The number of ether oxygens (including phenoxy) is 1. The molecule has 1 saturated carbocycles. The summed E-state index contributed by atoms with van der Waals surface area (Å²) in [5, 5.41) is 5.30. The van der Waals surface area contributed by atoms with Gasteiger partial charge in [0.15, 0.2) is 6.61 Å². The van der Waals surface area contributed by atoms with Crippen LogP contribution in [-0.4, -0.2) is 25.1 Å². The van der Waals surface area contributed by atoms with Gasteiger partial charge in [-0.2, -0.15) is 0 Å². The second-order valence-electron chi connectivity index (χ2n) is 5.69. The Bertz CT molecular complexity index is 689. The third-order valence-corrected chi connectivity index (χ3v) is 4.28. The molecule has 0 heterocycles. The summed E-state index contributed by atoms with van der Waals surface area (Å²) in [4.78, 5) is 11.8. The van der Waals surface area contributed by atoms with E-state index < -0.39 is 0 Å². The Morgan fingerprint density at radius 2 is 1.96 bits per heavy atom. The number of hydrogen-bond acceptors (Lipinski definition) is 3. The highest BCUT2D eigenvalue weighted by molar-refractivity contribution is 6.35. The van der Waals surface area contributed by atoms with E-state index in [0.717, 1.165) is 10.8 Å². The van der Waals surface area contributed by atoms with Crippen molar-refractivity contribution in [1.82, 2.24) is 5.32 Å². The number of rotatable bonds is 6. The molecule has 3 N–H and O–H groups in total. The zero-order valence-electron chi connectivity index (χ0n) is 12.6. The monoisotopic (exact) mass is 354 g/mol. The minimum Gasteiger partial charge on any atom is -0.483 e. The highest BCUT2D eigenvalue weighted by Crippen LogP contribution is 2.32. The minimum atomic E-state index is -0.157. The summed E-state index contributed by atoms with van der Waals surface area (Å²) in [7, 11) is 0. The van der Waals surface area contributed by atoms with Crippen LogP contribution in [0.1, 0.15) is 12.8 Å². The van der Waals surface area contributed by atoms with Crippen molar-refractivity contribution in [2.75, 3.05) is 13.2 Å². The quantitative estimate of drug-likeness (QED) is 0.837. The molecule has 0 radical (unpaired) electrons. The van der Waals surface area contributed by atoms with Crippen LogP contribution in [0, 0.1) is 5.92 Å². The first-order chi connectivity index (χ1) is 10.6. The minimum absolute atomic E-state index is 0. The van der Waals surface area contributed by atoms with E-state index in [0.29, 0.717) is 23.2 Å². The van der Waals surface area contributed by atoms with E-state index in [-0.39, 0.29) is 31.0 Å². The van der Waals surface area contributed by atoms with Crippen LogP contribution in [0.2, 0.25) is 5.02 Å². The second-order valence-corrected chi connectivity index (χ2v) is 6.09. The third kappa shape index (κ3) is 4.50. The molecule has 0 saturated heterocycles. The lowest BCUT2D eigenvalue weighted by Gasteiger charge is -2.13. The number of hydrogen-bond donors (Lipinski definition) is 2. The van der Waals surface area contributed by atoms with Gasteiger partial charge < -0.3 is 15.8 Å². The van der Waals surface area contributed by atoms with E-state index in [1.54, 1.807) is 12.1 Å². The van der Waals surface area contributed by atoms with Gasteiger partial charge in [0.1, 0.15) is 5.75 Å². The van der Waals surface area contributed by atoms with Crippen LogP contribution in [0.5, 0.6) is 5.75 Å². The topological polar surface area (TPSA) is 64.3 Å². The van der Waals surface area contributed by atoms with Crippen molar-refractivity contribution in [2.45, 2.75) is 18.9 Å². The predicted molar refractivity (Wildman–Crippen MR) is 95.4 cm³/mol. The molecule has 1 fully saturated rings. The molecule has 1 amide bonds. The molecule has 4 nitrogen and oxygen atoms in total. The van der Waals surface area contributed by atoms with Crippen molar-refractivity contribution < 1.29 is 9.53 Å². The van der Waals surface area contributed by atoms with Gasteiger partial charge >= 0.3 is 0 Å². The van der Waals surface area contributed by atoms with E-state index in [1.165, 1.54) is 12.8 Å². The summed E-state index contributed by atoms with van der Waals surface area (Å²) < 4.78 is 5.63. The molecule has 1 aliphatic rings. The normalized spacial score (nSPS) is 14.9. The Hall–Kier alpha value is -1.49. The van der Waals surface area contributed by atoms with Crippen LogP contribution >= 0.6 is 24.0 Å². The van der Waals surface area contributed by atoms with Gasteiger partial charge in [-0.05, 0) is 30.9 Å². The SMILES string of the molecule is Cl.NC(CNC(=O)COc1ccc(Cl)c2ccccc12)C1CC1. The molecule has 0 spiro atoms. The van der Waals surface area contributed by atoms with E-state index >= 15 is 0 Å². The molecule has 6 heteroatoms. The van der Waals surface area contributed by atoms with Crippen molar-refractivity contribution in [3.05, 3.63) is 41.4 Å². The van der Waals surface area contributed by atoms with E-state index in [2.05, 4.69) is 5.32 Å². The van der Waals surface area contributed by atoms with Crippen LogP contribution < -0.4 is 15.8 Å². The molecule has 0 aliphatic heterocycles. The van der Waals surface area contributed by atoms with Crippen LogP contribution in [0.25, 0.3) is 10.8 Å².